The molecule has 23 heavy (non-hydrogen) atoms. The van der Waals surface area contributed by atoms with Crippen LogP contribution < -0.4 is 15.5 Å². The topological polar surface area (TPSA) is 92.7 Å². The molecule has 2 rings (SSSR count). The van der Waals surface area contributed by atoms with Gasteiger partial charge in [-0.15, -0.1) is 0 Å². The van der Waals surface area contributed by atoms with Crippen LogP contribution in [-0.4, -0.2) is 29.6 Å². The zero-order valence-electron chi connectivity index (χ0n) is 12.5. The van der Waals surface area contributed by atoms with E-state index in [1.54, 1.807) is 42.5 Å². The molecule has 1 aromatic heterocycles. The van der Waals surface area contributed by atoms with Gasteiger partial charge in [-0.1, -0.05) is 6.07 Å². The average Bonchev–Trinajstić information content (AvgIpc) is 2.57. The molecule has 0 saturated heterocycles. The van der Waals surface area contributed by atoms with E-state index in [2.05, 4.69) is 20.8 Å². The highest BCUT2D eigenvalue weighted by Gasteiger charge is 2.12. The molecule has 0 bridgehead atoms. The monoisotopic (exact) mass is 312 g/mol. The number of hydrogen-bond acceptors (Lipinski definition) is 5. The number of nitrogens with zero attached hydrogens (tertiary/aromatic N) is 2. The number of carbonyl (C=O) groups excluding carboxylic acids is 2. The number of pyridine rings is 1. The van der Waals surface area contributed by atoms with Crippen LogP contribution in [0.2, 0.25) is 0 Å². The van der Waals surface area contributed by atoms with Gasteiger partial charge in [0.25, 0.3) is 0 Å². The molecule has 2 amide bonds. The van der Waals surface area contributed by atoms with Gasteiger partial charge in [-0.25, -0.2) is 10.4 Å². The van der Waals surface area contributed by atoms with Crippen molar-refractivity contribution >= 4 is 23.8 Å². The molecule has 2 N–H and O–H groups in total. The second kappa shape index (κ2) is 8.28. The average molecular weight is 312 g/mol. The first-order chi connectivity index (χ1) is 11.2. The summed E-state index contributed by atoms with van der Waals surface area (Å²) < 4.78 is 5.32. The van der Waals surface area contributed by atoms with Crippen LogP contribution in [0.3, 0.4) is 0 Å². The van der Waals surface area contributed by atoms with E-state index in [1.807, 2.05) is 6.92 Å². The Kier molecular flexibility index (Phi) is 5.81. The molecule has 0 atom stereocenters. The Labute approximate surface area is 133 Å². The molecule has 0 fully saturated rings. The molecule has 7 heteroatoms. The van der Waals surface area contributed by atoms with E-state index in [0.717, 1.165) is 11.3 Å². The Morgan fingerprint density at radius 1 is 1.17 bits per heavy atom. The van der Waals surface area contributed by atoms with Crippen LogP contribution in [-0.2, 0) is 9.59 Å². The Bertz CT molecular complexity index is 684. The molecule has 2 aromatic rings. The summed E-state index contributed by atoms with van der Waals surface area (Å²) in [5, 5.41) is 6.09. The zero-order valence-corrected chi connectivity index (χ0v) is 12.5. The highest BCUT2D eigenvalue weighted by molar-refractivity contribution is 6.39. The van der Waals surface area contributed by atoms with Gasteiger partial charge in [0.2, 0.25) is 0 Å². The summed E-state index contributed by atoms with van der Waals surface area (Å²) in [6.07, 6.45) is 2.94. The van der Waals surface area contributed by atoms with E-state index in [4.69, 9.17) is 4.74 Å². The van der Waals surface area contributed by atoms with Crippen LogP contribution in [0.1, 0.15) is 12.5 Å². The van der Waals surface area contributed by atoms with Crippen molar-refractivity contribution in [2.24, 2.45) is 5.10 Å². The van der Waals surface area contributed by atoms with Gasteiger partial charge in [-0.3, -0.25) is 9.59 Å². The summed E-state index contributed by atoms with van der Waals surface area (Å²) in [4.78, 5) is 27.1. The fraction of sp³-hybridized carbons (Fsp3) is 0.125. The van der Waals surface area contributed by atoms with Crippen LogP contribution in [0.4, 0.5) is 5.82 Å². The summed E-state index contributed by atoms with van der Waals surface area (Å²) >= 11 is 0. The number of anilines is 1. The van der Waals surface area contributed by atoms with Gasteiger partial charge in [0.15, 0.2) is 0 Å². The van der Waals surface area contributed by atoms with Crippen molar-refractivity contribution in [3.05, 3.63) is 54.2 Å². The molecule has 0 aliphatic heterocycles. The van der Waals surface area contributed by atoms with Crippen LogP contribution in [0.5, 0.6) is 5.75 Å². The SMILES string of the molecule is CCOc1ccc(C=NNC(=O)C(=O)Nc2ccccn2)cc1. The van der Waals surface area contributed by atoms with Gasteiger partial charge < -0.3 is 10.1 Å². The maximum atomic E-state index is 11.6. The Morgan fingerprint density at radius 2 is 1.96 bits per heavy atom. The number of ether oxygens (including phenoxy) is 1. The molecule has 0 saturated carbocycles. The molecule has 0 spiro atoms. The molecule has 0 aliphatic carbocycles. The van der Waals surface area contributed by atoms with Crippen molar-refractivity contribution in [3.8, 4) is 5.75 Å². The van der Waals surface area contributed by atoms with Gasteiger partial charge in [0.05, 0.1) is 12.8 Å². The quantitative estimate of drug-likeness (QED) is 0.498. The third-order valence-electron chi connectivity index (χ3n) is 2.68. The normalized spacial score (nSPS) is 10.3. The number of hydrogen-bond donors (Lipinski definition) is 2. The first-order valence-electron chi connectivity index (χ1n) is 6.97. The first-order valence-corrected chi connectivity index (χ1v) is 6.97. The van der Waals surface area contributed by atoms with Gasteiger partial charge in [-0.2, -0.15) is 5.10 Å². The van der Waals surface area contributed by atoms with Crippen LogP contribution in [0.25, 0.3) is 0 Å². The van der Waals surface area contributed by atoms with Crippen molar-refractivity contribution in [2.75, 3.05) is 11.9 Å². The lowest BCUT2D eigenvalue weighted by molar-refractivity contribution is -0.136. The summed E-state index contributed by atoms with van der Waals surface area (Å²) in [5.74, 6) is -0.669. The minimum atomic E-state index is -0.877. The van der Waals surface area contributed by atoms with Crippen molar-refractivity contribution in [2.45, 2.75) is 6.92 Å². The van der Waals surface area contributed by atoms with Crippen LogP contribution in [0, 0.1) is 0 Å². The lowest BCUT2D eigenvalue weighted by Crippen LogP contribution is -2.32. The second-order valence-corrected chi connectivity index (χ2v) is 4.37. The highest BCUT2D eigenvalue weighted by atomic mass is 16.5. The predicted molar refractivity (Wildman–Crippen MR) is 86.2 cm³/mol. The van der Waals surface area contributed by atoms with E-state index >= 15 is 0 Å². The molecule has 0 aliphatic rings. The second-order valence-electron chi connectivity index (χ2n) is 4.37. The largest absolute Gasteiger partial charge is 0.494 e. The smallest absolute Gasteiger partial charge is 0.329 e. The standard InChI is InChI=1S/C16H16N4O3/c1-2-23-13-8-6-12(7-9-13)11-18-20-16(22)15(21)19-14-5-3-4-10-17-14/h3-11H,2H2,1H3,(H,20,22)(H,17,19,21). The zero-order chi connectivity index (χ0) is 16.5. The number of benzene rings is 1. The number of rotatable bonds is 5. The van der Waals surface area contributed by atoms with E-state index in [1.165, 1.54) is 12.4 Å². The third kappa shape index (κ3) is 5.24. The number of aromatic nitrogens is 1. The van der Waals surface area contributed by atoms with Crippen molar-refractivity contribution in [1.82, 2.24) is 10.4 Å². The van der Waals surface area contributed by atoms with E-state index in [9.17, 15) is 9.59 Å². The van der Waals surface area contributed by atoms with E-state index < -0.39 is 11.8 Å². The molecule has 0 radical (unpaired) electrons. The maximum absolute atomic E-state index is 11.6. The van der Waals surface area contributed by atoms with E-state index in [0.29, 0.717) is 12.4 Å². The molecular weight excluding hydrogens is 296 g/mol. The van der Waals surface area contributed by atoms with Crippen LogP contribution in [0.15, 0.2) is 53.8 Å². The molecule has 1 aromatic carbocycles. The molecule has 118 valence electrons. The van der Waals surface area contributed by atoms with Crippen molar-refractivity contribution < 1.29 is 14.3 Å². The molecule has 0 unspecified atom stereocenters. The Hall–Kier alpha value is -3.22. The summed E-state index contributed by atoms with van der Waals surface area (Å²) in [6.45, 7) is 2.50. The van der Waals surface area contributed by atoms with Gasteiger partial charge in [-0.05, 0) is 48.9 Å². The van der Waals surface area contributed by atoms with Crippen molar-refractivity contribution in [3.63, 3.8) is 0 Å². The molecule has 7 nitrogen and oxygen atoms in total. The fourth-order valence-corrected chi connectivity index (χ4v) is 1.64. The number of nitrogens with one attached hydrogen (secondary N) is 2. The van der Waals surface area contributed by atoms with E-state index in [-0.39, 0.29) is 0 Å². The number of amides is 2. The van der Waals surface area contributed by atoms with Gasteiger partial charge in [0.1, 0.15) is 11.6 Å². The molecular formula is C16H16N4O3. The lowest BCUT2D eigenvalue weighted by Gasteiger charge is -2.03. The lowest BCUT2D eigenvalue weighted by atomic mass is 10.2. The Morgan fingerprint density at radius 3 is 2.61 bits per heavy atom. The highest BCUT2D eigenvalue weighted by Crippen LogP contribution is 2.10. The number of hydrazone groups is 1. The summed E-state index contributed by atoms with van der Waals surface area (Å²) in [6, 6.07) is 12.1. The summed E-state index contributed by atoms with van der Waals surface area (Å²) in [5.41, 5.74) is 2.91. The predicted octanol–water partition coefficient (Wildman–Crippen LogP) is 1.57. The Balaban J connectivity index is 1.84. The van der Waals surface area contributed by atoms with Gasteiger partial charge in [0, 0.05) is 6.20 Å². The summed E-state index contributed by atoms with van der Waals surface area (Å²) in [7, 11) is 0. The minimum Gasteiger partial charge on any atom is -0.494 e. The minimum absolute atomic E-state index is 0.295. The maximum Gasteiger partial charge on any atom is 0.329 e. The van der Waals surface area contributed by atoms with Crippen LogP contribution >= 0.6 is 0 Å². The fourth-order valence-electron chi connectivity index (χ4n) is 1.64. The molecule has 1 heterocycles. The first kappa shape index (κ1) is 16.2. The van der Waals surface area contributed by atoms with Gasteiger partial charge >= 0.3 is 11.8 Å². The van der Waals surface area contributed by atoms with Crippen molar-refractivity contribution in [1.29, 1.82) is 0 Å². The number of carbonyl (C=O) groups is 2. The third-order valence-corrected chi connectivity index (χ3v) is 2.68.